The normalized spacial score (nSPS) is 12.1. The fourth-order valence-electron chi connectivity index (χ4n) is 2.05. The minimum Gasteiger partial charge on any atom is -0.481 e. The number of carboxylic acids is 1. The number of benzene rings is 1. The Hall–Kier alpha value is -2.78. The van der Waals surface area contributed by atoms with Gasteiger partial charge in [0.25, 0.3) is 0 Å². The number of ether oxygens (including phenoxy) is 1. The zero-order chi connectivity index (χ0) is 18.8. The maximum Gasteiger partial charge on any atom is 0.573 e. The Kier molecular flexibility index (Phi) is 4.91. The Morgan fingerprint density at radius 1 is 1.08 bits per heavy atom. The van der Waals surface area contributed by atoms with Crippen LogP contribution in [0, 0.1) is 0 Å². The molecule has 0 amide bonds. The highest BCUT2D eigenvalue weighted by Gasteiger charge is 2.35. The molecular formula is C15H9F6NO3. The van der Waals surface area contributed by atoms with E-state index in [2.05, 4.69) is 9.72 Å². The summed E-state index contributed by atoms with van der Waals surface area (Å²) in [4.78, 5) is 14.2. The first-order valence-corrected chi connectivity index (χ1v) is 6.60. The van der Waals surface area contributed by atoms with Crippen LogP contribution in [0.1, 0.15) is 11.3 Å². The molecular weight excluding hydrogens is 356 g/mol. The number of rotatable bonds is 4. The third kappa shape index (κ3) is 5.10. The summed E-state index contributed by atoms with van der Waals surface area (Å²) in [5, 5.41) is 8.66. The van der Waals surface area contributed by atoms with Gasteiger partial charge in [0.2, 0.25) is 0 Å². The molecule has 0 fully saturated rings. The second-order valence-corrected chi connectivity index (χ2v) is 4.86. The average molecular weight is 365 g/mol. The Bertz CT molecular complexity index is 786. The van der Waals surface area contributed by atoms with Gasteiger partial charge in [-0.25, -0.2) is 0 Å². The highest BCUT2D eigenvalue weighted by Crippen LogP contribution is 2.35. The third-order valence-electron chi connectivity index (χ3n) is 3.00. The van der Waals surface area contributed by atoms with Crippen LogP contribution in [0.25, 0.3) is 11.1 Å². The molecule has 1 aromatic carbocycles. The molecule has 1 heterocycles. The maximum atomic E-state index is 13.1. The highest BCUT2D eigenvalue weighted by atomic mass is 19.4. The van der Waals surface area contributed by atoms with Crippen molar-refractivity contribution in [2.24, 2.45) is 0 Å². The van der Waals surface area contributed by atoms with Gasteiger partial charge < -0.3 is 9.84 Å². The lowest BCUT2D eigenvalue weighted by atomic mass is 10.0. The lowest BCUT2D eigenvalue weighted by Gasteiger charge is -2.14. The zero-order valence-electron chi connectivity index (χ0n) is 12.1. The first-order chi connectivity index (χ1) is 11.5. The third-order valence-corrected chi connectivity index (χ3v) is 3.00. The van der Waals surface area contributed by atoms with E-state index in [1.54, 1.807) is 0 Å². The molecule has 0 radical (unpaired) electrons. The van der Waals surface area contributed by atoms with Gasteiger partial charge in [-0.15, -0.1) is 13.2 Å². The topological polar surface area (TPSA) is 59.4 Å². The smallest absolute Gasteiger partial charge is 0.481 e. The Balaban J connectivity index is 2.46. The van der Waals surface area contributed by atoms with Crippen LogP contribution < -0.4 is 4.74 Å². The lowest BCUT2D eigenvalue weighted by molar-refractivity contribution is -0.274. The van der Waals surface area contributed by atoms with E-state index in [1.165, 1.54) is 12.1 Å². The Labute approximate surface area is 136 Å². The molecule has 0 aliphatic rings. The number of halogens is 6. The van der Waals surface area contributed by atoms with Crippen molar-refractivity contribution in [1.29, 1.82) is 0 Å². The summed E-state index contributed by atoms with van der Waals surface area (Å²) < 4.78 is 79.7. The molecule has 2 rings (SSSR count). The first-order valence-electron chi connectivity index (χ1n) is 6.60. The lowest BCUT2D eigenvalue weighted by Crippen LogP contribution is -2.17. The van der Waals surface area contributed by atoms with Crippen LogP contribution in [-0.4, -0.2) is 22.4 Å². The van der Waals surface area contributed by atoms with Crippen LogP contribution in [-0.2, 0) is 17.4 Å². The number of hydrogen-bond donors (Lipinski definition) is 1. The van der Waals surface area contributed by atoms with Gasteiger partial charge in [0.15, 0.2) is 0 Å². The van der Waals surface area contributed by atoms with Gasteiger partial charge in [-0.2, -0.15) is 13.2 Å². The molecule has 0 unspecified atom stereocenters. The van der Waals surface area contributed by atoms with Crippen molar-refractivity contribution in [1.82, 2.24) is 4.98 Å². The number of carboxylic acid groups (broad SMARTS) is 1. The quantitative estimate of drug-likeness (QED) is 0.821. The molecule has 134 valence electrons. The maximum absolute atomic E-state index is 13.1. The van der Waals surface area contributed by atoms with Gasteiger partial charge in [-0.05, 0) is 23.8 Å². The fraction of sp³-hybridized carbons (Fsp3) is 0.200. The minimum absolute atomic E-state index is 0.00150. The van der Waals surface area contributed by atoms with E-state index >= 15 is 0 Å². The van der Waals surface area contributed by atoms with Crippen molar-refractivity contribution in [2.45, 2.75) is 19.0 Å². The molecule has 0 aliphatic heterocycles. The molecule has 4 nitrogen and oxygen atoms in total. The van der Waals surface area contributed by atoms with Crippen LogP contribution in [0.3, 0.4) is 0 Å². The summed E-state index contributed by atoms with van der Waals surface area (Å²) in [5.41, 5.74) is -2.09. The van der Waals surface area contributed by atoms with Crippen LogP contribution in [0.4, 0.5) is 26.3 Å². The van der Waals surface area contributed by atoms with Crippen LogP contribution >= 0.6 is 0 Å². The summed E-state index contributed by atoms with van der Waals surface area (Å²) in [5.74, 6) is -2.10. The molecule has 0 spiro atoms. The molecule has 2 aromatic rings. The number of aromatic nitrogens is 1. The highest BCUT2D eigenvalue weighted by molar-refractivity contribution is 5.71. The van der Waals surface area contributed by atoms with Crippen LogP contribution in [0.2, 0.25) is 0 Å². The molecule has 0 saturated carbocycles. The van der Waals surface area contributed by atoms with E-state index < -0.39 is 41.9 Å². The predicted molar refractivity (Wildman–Crippen MR) is 72.7 cm³/mol. The van der Waals surface area contributed by atoms with Crippen molar-refractivity contribution < 1.29 is 41.0 Å². The van der Waals surface area contributed by atoms with E-state index in [0.717, 1.165) is 18.3 Å². The molecule has 10 heteroatoms. The number of nitrogens with zero attached hydrogens (tertiary/aromatic N) is 1. The Morgan fingerprint density at radius 3 is 2.32 bits per heavy atom. The molecule has 25 heavy (non-hydrogen) atoms. The summed E-state index contributed by atoms with van der Waals surface area (Å²) in [6.45, 7) is 0. The van der Waals surface area contributed by atoms with Gasteiger partial charge in [0, 0.05) is 11.8 Å². The molecule has 1 N–H and O–H groups in total. The van der Waals surface area contributed by atoms with E-state index in [9.17, 15) is 31.1 Å². The molecule has 0 saturated heterocycles. The van der Waals surface area contributed by atoms with Crippen molar-refractivity contribution in [3.05, 3.63) is 47.8 Å². The summed E-state index contributed by atoms with van der Waals surface area (Å²) in [6, 6.07) is 4.99. The predicted octanol–water partition coefficient (Wildman–Crippen LogP) is 4.29. The van der Waals surface area contributed by atoms with Crippen LogP contribution in [0.5, 0.6) is 5.75 Å². The van der Waals surface area contributed by atoms with E-state index in [1.807, 2.05) is 0 Å². The standard InChI is InChI=1S/C15H9F6NO3/c16-14(17,18)11-5-9(7-22-12(11)6-13(23)24)8-2-1-3-10(4-8)25-15(19,20)21/h1-5,7H,6H2,(H,23,24). The molecule has 0 aliphatic carbocycles. The molecule has 1 aromatic heterocycles. The second kappa shape index (κ2) is 6.61. The number of carbonyl (C=O) groups is 1. The average Bonchev–Trinajstić information content (AvgIpc) is 2.44. The first kappa shape index (κ1) is 18.6. The van der Waals surface area contributed by atoms with E-state index in [0.29, 0.717) is 6.07 Å². The fourth-order valence-corrected chi connectivity index (χ4v) is 2.05. The summed E-state index contributed by atoms with van der Waals surface area (Å²) in [7, 11) is 0. The van der Waals surface area contributed by atoms with Crippen molar-refractivity contribution >= 4 is 5.97 Å². The van der Waals surface area contributed by atoms with E-state index in [4.69, 9.17) is 5.11 Å². The van der Waals surface area contributed by atoms with Gasteiger partial charge in [-0.1, -0.05) is 12.1 Å². The summed E-state index contributed by atoms with van der Waals surface area (Å²) >= 11 is 0. The van der Waals surface area contributed by atoms with Gasteiger partial charge in [0.05, 0.1) is 17.7 Å². The second-order valence-electron chi connectivity index (χ2n) is 4.86. The van der Waals surface area contributed by atoms with Crippen LogP contribution in [0.15, 0.2) is 36.5 Å². The van der Waals surface area contributed by atoms with Crippen molar-refractivity contribution in [3.63, 3.8) is 0 Å². The van der Waals surface area contributed by atoms with Crippen molar-refractivity contribution in [2.75, 3.05) is 0 Å². The molecule has 0 atom stereocenters. The van der Waals surface area contributed by atoms with Gasteiger partial charge in [-0.3, -0.25) is 9.78 Å². The molecule has 0 bridgehead atoms. The van der Waals surface area contributed by atoms with Gasteiger partial charge in [0.1, 0.15) is 5.75 Å². The largest absolute Gasteiger partial charge is 0.573 e. The monoisotopic (exact) mass is 365 g/mol. The number of aliphatic carboxylic acids is 1. The van der Waals surface area contributed by atoms with Crippen molar-refractivity contribution in [3.8, 4) is 16.9 Å². The summed E-state index contributed by atoms with van der Waals surface area (Å²) in [6.07, 6.45) is -9.79. The minimum atomic E-state index is -4.95. The number of pyridine rings is 1. The number of alkyl halides is 6. The Morgan fingerprint density at radius 2 is 1.76 bits per heavy atom. The number of hydrogen-bond acceptors (Lipinski definition) is 3. The van der Waals surface area contributed by atoms with E-state index in [-0.39, 0.29) is 11.1 Å². The zero-order valence-corrected chi connectivity index (χ0v) is 12.1. The van der Waals surface area contributed by atoms with Gasteiger partial charge >= 0.3 is 18.5 Å². The SMILES string of the molecule is O=C(O)Cc1ncc(-c2cccc(OC(F)(F)F)c2)cc1C(F)(F)F.